The first-order valence-corrected chi connectivity index (χ1v) is 28.3. The Morgan fingerprint density at radius 1 is 0.800 bits per heavy atom. The zero-order chi connectivity index (χ0) is 58.8. The fourth-order valence-corrected chi connectivity index (χ4v) is 11.3. The van der Waals surface area contributed by atoms with Crippen molar-refractivity contribution in [2.45, 2.75) is 188 Å². The third kappa shape index (κ3) is 18.5. The summed E-state index contributed by atoms with van der Waals surface area (Å²) in [7, 11) is 0. The van der Waals surface area contributed by atoms with Gasteiger partial charge in [-0.25, -0.2) is 4.99 Å². The molecular formula is C55H80N8O16S. The van der Waals surface area contributed by atoms with Crippen molar-refractivity contribution in [2.75, 3.05) is 19.7 Å². The number of hydrogen-bond acceptors (Lipinski definition) is 17. The number of rotatable bonds is 22. The van der Waals surface area contributed by atoms with Crippen molar-refractivity contribution in [3.8, 4) is 5.75 Å². The summed E-state index contributed by atoms with van der Waals surface area (Å²) in [4.78, 5) is 119. The van der Waals surface area contributed by atoms with Gasteiger partial charge in [0.2, 0.25) is 35.4 Å². The van der Waals surface area contributed by atoms with Crippen LogP contribution in [0.1, 0.15) is 122 Å². The lowest BCUT2D eigenvalue weighted by Crippen LogP contribution is -2.64. The molecule has 3 aliphatic rings. The van der Waals surface area contributed by atoms with E-state index in [1.54, 1.807) is 30.3 Å². The first-order chi connectivity index (χ1) is 38.0. The molecule has 0 saturated carbocycles. The number of nitrogens with zero attached hydrogens (tertiary/aromatic N) is 3. The van der Waals surface area contributed by atoms with E-state index in [1.807, 2.05) is 0 Å². The number of aliphatic imine (C=N–C) groups is 1. The standard InChI is InChI=1S/C55H80N8O16S/c1-4-30(2)24-31(3)14-10-7-5-6-8-13-17-43(71)57-36-26-41(69)53(80-35-15-11-9-12-16-35)61-52(77)46-39(67)22-23-62(46)55(79)44(40(68)27-42(56)70)59-51(76)45(48(73)47(72)32-18-20-33(65)21-19-32)60-50(75)38-25-34(66)28-63(38)54(78)37(29-64)58-49(36)74/h9,11-12,15-16,18-21,30-31,34,36,38-41,44-48,53,64-69,72-73H,4-8,10,13-14,17,22-29H2,1-3H3,(H2,56,70)(H,57,71)(H,59,76)(H,60,75)(H,61,77)/b58-37+/t30-,31+,34+,36-,38-,39-,40+,41+,44-,45-,46-,47-,48-,53+/m0/s1. The number of amides is 8. The van der Waals surface area contributed by atoms with Crippen LogP contribution >= 0.6 is 11.8 Å². The second-order valence-corrected chi connectivity index (χ2v) is 22.5. The Labute approximate surface area is 469 Å². The van der Waals surface area contributed by atoms with Crippen LogP contribution in [-0.4, -0.2) is 189 Å². The monoisotopic (exact) mass is 1140 g/mol. The van der Waals surface area contributed by atoms with Gasteiger partial charge in [0.25, 0.3) is 11.8 Å². The van der Waals surface area contributed by atoms with Crippen molar-refractivity contribution in [3.05, 3.63) is 60.2 Å². The maximum atomic E-state index is 14.7. The molecule has 3 heterocycles. The Morgan fingerprint density at radius 2 is 1.45 bits per heavy atom. The van der Waals surface area contributed by atoms with Crippen LogP contribution in [0.4, 0.5) is 0 Å². The van der Waals surface area contributed by atoms with E-state index in [0.717, 1.165) is 72.2 Å². The predicted octanol–water partition coefficient (Wildman–Crippen LogP) is -0.447. The van der Waals surface area contributed by atoms with Gasteiger partial charge in [0, 0.05) is 37.2 Å². The average Bonchev–Trinajstić information content (AvgIpc) is 4.05. The van der Waals surface area contributed by atoms with Crippen molar-refractivity contribution < 1.29 is 79.2 Å². The summed E-state index contributed by atoms with van der Waals surface area (Å²) in [6.07, 6.45) is -5.39. The van der Waals surface area contributed by atoms with Gasteiger partial charge in [-0.2, -0.15) is 0 Å². The minimum absolute atomic E-state index is 0.0553. The van der Waals surface area contributed by atoms with Gasteiger partial charge in [-0.3, -0.25) is 38.4 Å². The average molecular weight is 1140 g/mol. The number of phenolic OH excluding ortho intramolecular Hbond substituents is 1. The van der Waals surface area contributed by atoms with Crippen molar-refractivity contribution >= 4 is 64.7 Å². The van der Waals surface area contributed by atoms with Gasteiger partial charge in [0.15, 0.2) is 0 Å². The number of primary amides is 1. The molecule has 0 aromatic heterocycles. The molecule has 8 amide bonds. The van der Waals surface area contributed by atoms with Gasteiger partial charge < -0.3 is 77.7 Å². The highest BCUT2D eigenvalue weighted by Crippen LogP contribution is 2.30. The zero-order valence-corrected chi connectivity index (χ0v) is 46.3. The number of unbranched alkanes of at least 4 members (excludes halogenated alkanes) is 5. The molecule has 2 fully saturated rings. The number of hydrogen-bond donors (Lipinski definition) is 13. The highest BCUT2D eigenvalue weighted by molar-refractivity contribution is 8.00. The molecule has 24 nitrogen and oxygen atoms in total. The van der Waals surface area contributed by atoms with Crippen LogP contribution < -0.4 is 27.0 Å². The Hall–Kier alpha value is -6.06. The highest BCUT2D eigenvalue weighted by atomic mass is 32.2. The van der Waals surface area contributed by atoms with Crippen LogP contribution in [-0.2, 0) is 38.4 Å². The van der Waals surface area contributed by atoms with Crippen LogP contribution in [0, 0.1) is 11.8 Å². The molecule has 0 aliphatic carbocycles. The van der Waals surface area contributed by atoms with E-state index in [9.17, 15) is 79.2 Å². The van der Waals surface area contributed by atoms with Crippen LogP contribution in [0.5, 0.6) is 5.75 Å². The van der Waals surface area contributed by atoms with Crippen LogP contribution in [0.25, 0.3) is 0 Å². The highest BCUT2D eigenvalue weighted by Gasteiger charge is 2.48. The summed E-state index contributed by atoms with van der Waals surface area (Å²) < 4.78 is 0. The summed E-state index contributed by atoms with van der Waals surface area (Å²) in [6.45, 7) is 4.48. The smallest absolute Gasteiger partial charge is 0.271 e. The number of aromatic hydroxyl groups is 1. The Balaban J connectivity index is 1.54. The number of carbonyl (C=O) groups is 8. The Bertz CT molecular complexity index is 2460. The lowest BCUT2D eigenvalue weighted by molar-refractivity contribution is -0.148. The molecule has 3 aliphatic heterocycles. The van der Waals surface area contributed by atoms with E-state index in [2.05, 4.69) is 47.0 Å². The molecule has 5 rings (SSSR count). The van der Waals surface area contributed by atoms with Gasteiger partial charge in [0.1, 0.15) is 59.3 Å². The maximum absolute atomic E-state index is 14.7. The zero-order valence-electron chi connectivity index (χ0n) is 45.5. The number of aliphatic hydroxyl groups is 7. The summed E-state index contributed by atoms with van der Waals surface area (Å²) in [5.74, 6) is -8.38. The molecule has 2 saturated heterocycles. The molecule has 2 aromatic carbocycles. The fourth-order valence-electron chi connectivity index (χ4n) is 10.2. The summed E-state index contributed by atoms with van der Waals surface area (Å²) >= 11 is 0.883. The maximum Gasteiger partial charge on any atom is 0.271 e. The molecule has 14 N–H and O–H groups in total. The van der Waals surface area contributed by atoms with Gasteiger partial charge in [-0.05, 0) is 60.9 Å². The molecule has 80 heavy (non-hydrogen) atoms. The van der Waals surface area contributed by atoms with Gasteiger partial charge in [-0.1, -0.05) is 108 Å². The molecular weight excluding hydrogens is 1060 g/mol. The van der Waals surface area contributed by atoms with E-state index in [-0.39, 0.29) is 24.2 Å². The molecule has 0 bridgehead atoms. The van der Waals surface area contributed by atoms with E-state index in [4.69, 9.17) is 5.73 Å². The summed E-state index contributed by atoms with van der Waals surface area (Å²) in [5, 5.41) is 97.4. The normalized spacial score (nSPS) is 27.2. The topological polar surface area (TPSA) is 391 Å². The summed E-state index contributed by atoms with van der Waals surface area (Å²) in [5.41, 5.74) is 4.42. The van der Waals surface area contributed by atoms with Crippen LogP contribution in [0.3, 0.4) is 0 Å². The first-order valence-electron chi connectivity index (χ1n) is 27.4. The molecule has 0 unspecified atom stereocenters. The van der Waals surface area contributed by atoms with E-state index in [1.165, 1.54) is 18.6 Å². The third-order valence-corrected chi connectivity index (χ3v) is 16.1. The van der Waals surface area contributed by atoms with Gasteiger partial charge in [0.05, 0.1) is 37.4 Å². The molecule has 14 atom stereocenters. The van der Waals surface area contributed by atoms with E-state index < -0.39 is 164 Å². The SMILES string of the molecule is CC[C@H](C)C[C@H](C)CCCCCCCCC(=O)N[C@H]1C[C@@H](O)[C@@H](Sc2ccccc2)NC(=O)[C@@H]2[C@@H](O)CCN2C(=O)[C@H]([C@H](O)CC(N)=O)NC(=O)[C@H]([C@H](O)[C@@H](O)c2ccc(O)cc2)NC(=O)[C@@H]2C[C@@H](O)CN2C(=O)/C(CO)=N/C1=O. The molecule has 25 heteroatoms. The molecule has 2 aromatic rings. The van der Waals surface area contributed by atoms with E-state index in [0.29, 0.717) is 29.6 Å². The first kappa shape index (κ1) is 64.8. The van der Waals surface area contributed by atoms with Crippen molar-refractivity contribution in [3.63, 3.8) is 0 Å². The largest absolute Gasteiger partial charge is 0.508 e. The lowest BCUT2D eigenvalue weighted by atomic mass is 9.91. The van der Waals surface area contributed by atoms with Gasteiger partial charge >= 0.3 is 0 Å². The quantitative estimate of drug-likeness (QED) is 0.0664. The van der Waals surface area contributed by atoms with Gasteiger partial charge in [-0.15, -0.1) is 0 Å². The number of benzene rings is 2. The number of phenols is 1. The number of fused-ring (bicyclic) bond motifs is 2. The second-order valence-electron chi connectivity index (χ2n) is 21.3. The summed E-state index contributed by atoms with van der Waals surface area (Å²) in [6, 6.07) is 3.04. The van der Waals surface area contributed by atoms with Crippen molar-refractivity contribution in [2.24, 2.45) is 22.6 Å². The number of nitrogens with one attached hydrogen (secondary N) is 4. The third-order valence-electron chi connectivity index (χ3n) is 14.8. The Kier molecular flexibility index (Phi) is 25.3. The molecule has 0 spiro atoms. The van der Waals surface area contributed by atoms with Crippen molar-refractivity contribution in [1.82, 2.24) is 31.1 Å². The van der Waals surface area contributed by atoms with Crippen LogP contribution in [0.2, 0.25) is 0 Å². The fraction of sp³-hybridized carbons (Fsp3) is 0.618. The number of carbonyl (C=O) groups excluding carboxylic acids is 8. The predicted molar refractivity (Wildman–Crippen MR) is 291 cm³/mol. The minimum atomic E-state index is -2.36. The molecule has 0 radical (unpaired) electrons. The number of nitrogens with two attached hydrogens (primary N) is 1. The van der Waals surface area contributed by atoms with Crippen LogP contribution in [0.15, 0.2) is 64.5 Å². The van der Waals surface area contributed by atoms with E-state index >= 15 is 0 Å². The molecule has 442 valence electrons. The second kappa shape index (κ2) is 31.2. The van der Waals surface area contributed by atoms with Crippen molar-refractivity contribution in [1.29, 1.82) is 0 Å². The number of thioether (sulfide) groups is 1. The Morgan fingerprint density at radius 3 is 2.10 bits per heavy atom. The number of aliphatic hydroxyl groups excluding tert-OH is 7. The minimum Gasteiger partial charge on any atom is -0.508 e. The lowest BCUT2D eigenvalue weighted by Gasteiger charge is -2.34.